The lowest BCUT2D eigenvalue weighted by Crippen LogP contribution is -2.59. The minimum Gasteiger partial charge on any atom is -0.393 e. The van der Waals surface area contributed by atoms with Crippen LogP contribution in [0.25, 0.3) is 0 Å². The molecule has 1 aromatic rings. The van der Waals surface area contributed by atoms with Gasteiger partial charge in [-0.25, -0.2) is 0 Å². The van der Waals surface area contributed by atoms with E-state index in [-0.39, 0.29) is 81.1 Å². The summed E-state index contributed by atoms with van der Waals surface area (Å²) in [7, 11) is 0. The average Bonchev–Trinajstić information content (AvgIpc) is 4.02. The molecule has 4 aliphatic heterocycles. The summed E-state index contributed by atoms with van der Waals surface area (Å²) in [6.07, 6.45) is 14.8. The van der Waals surface area contributed by atoms with Crippen molar-refractivity contribution in [3.8, 4) is 0 Å². The first-order chi connectivity index (χ1) is 29.5. The molecule has 9 heteroatoms. The summed E-state index contributed by atoms with van der Waals surface area (Å²) in [5.41, 5.74) is 2.37. The lowest BCUT2D eigenvalue weighted by molar-refractivity contribution is -0.257. The van der Waals surface area contributed by atoms with Crippen molar-refractivity contribution in [3.63, 3.8) is 0 Å². The summed E-state index contributed by atoms with van der Waals surface area (Å²) in [6.45, 7) is 22.8. The first-order valence-electron chi connectivity index (χ1n) is 26.1. The fraction of sp³-hybridized carbons (Fsp3) is 0.907. The van der Waals surface area contributed by atoms with E-state index in [0.29, 0.717) is 48.3 Å². The van der Waals surface area contributed by atoms with E-state index in [1.807, 2.05) is 6.92 Å². The van der Waals surface area contributed by atoms with E-state index in [4.69, 9.17) is 28.9 Å². The van der Waals surface area contributed by atoms with Crippen molar-refractivity contribution in [2.75, 3.05) is 0 Å². The number of nitrogens with zero attached hydrogens (tertiary/aromatic N) is 2. The Bertz CT molecular complexity index is 2170. The predicted octanol–water partition coefficient (Wildman–Crippen LogP) is 8.75. The van der Waals surface area contributed by atoms with Gasteiger partial charge >= 0.3 is 0 Å². The zero-order valence-electron chi connectivity index (χ0n) is 40.2. The number of rotatable bonds is 0. The van der Waals surface area contributed by atoms with Gasteiger partial charge in [-0.3, -0.25) is 14.8 Å². The molecule has 0 radical (unpaired) electrons. The van der Waals surface area contributed by atoms with Crippen LogP contribution in [0.15, 0.2) is 0 Å². The molecule has 12 aliphatic rings. The number of Topliss-reactive ketones (excluding diaryl/α,β-unsaturated/α-hetero) is 1. The lowest BCUT2D eigenvalue weighted by Gasteiger charge is -2.62. The highest BCUT2D eigenvalue weighted by atomic mass is 16.7. The smallest absolute Gasteiger partial charge is 0.172 e. The van der Waals surface area contributed by atoms with Crippen molar-refractivity contribution in [2.24, 2.45) is 86.8 Å². The fourth-order valence-corrected chi connectivity index (χ4v) is 20.7. The molecule has 8 aliphatic carbocycles. The van der Waals surface area contributed by atoms with E-state index in [9.17, 15) is 15.0 Å². The quantitative estimate of drug-likeness (QED) is 0.264. The fourth-order valence-electron chi connectivity index (χ4n) is 20.7. The molecule has 346 valence electrons. The Hall–Kier alpha value is -1.49. The van der Waals surface area contributed by atoms with Gasteiger partial charge < -0.3 is 29.2 Å². The van der Waals surface area contributed by atoms with Gasteiger partial charge in [-0.2, -0.15) is 0 Å². The molecule has 0 unspecified atom stereocenters. The first-order valence-corrected chi connectivity index (χ1v) is 26.1. The maximum atomic E-state index is 14.8. The maximum absolute atomic E-state index is 14.8. The first kappa shape index (κ1) is 41.7. The maximum Gasteiger partial charge on any atom is 0.172 e. The van der Waals surface area contributed by atoms with Gasteiger partial charge in [-0.05, 0) is 170 Å². The third kappa shape index (κ3) is 4.95. The van der Waals surface area contributed by atoms with Gasteiger partial charge in [0.2, 0.25) is 0 Å². The number of carbonyl (C=O) groups excluding carboxylic acids is 1. The highest BCUT2D eigenvalue weighted by molar-refractivity contribution is 5.90. The van der Waals surface area contributed by atoms with E-state index < -0.39 is 22.6 Å². The largest absolute Gasteiger partial charge is 0.393 e. The van der Waals surface area contributed by atoms with Crippen molar-refractivity contribution in [2.45, 2.75) is 219 Å². The molecule has 5 heterocycles. The number of hydrogen-bond acceptors (Lipinski definition) is 9. The third-order valence-corrected chi connectivity index (χ3v) is 23.8. The lowest BCUT2D eigenvalue weighted by atomic mass is 9.44. The van der Waals surface area contributed by atoms with Gasteiger partial charge in [0, 0.05) is 48.3 Å². The van der Waals surface area contributed by atoms with Crippen LogP contribution >= 0.6 is 0 Å². The highest BCUT2D eigenvalue weighted by Crippen LogP contribution is 2.74. The van der Waals surface area contributed by atoms with Crippen molar-refractivity contribution in [3.05, 3.63) is 22.8 Å². The van der Waals surface area contributed by atoms with Gasteiger partial charge in [-0.1, -0.05) is 34.6 Å². The Morgan fingerprint density at radius 2 is 1.16 bits per heavy atom. The number of aliphatic hydroxyl groups excluding tert-OH is 1. The van der Waals surface area contributed by atoms with E-state index in [0.717, 1.165) is 77.0 Å². The zero-order valence-corrected chi connectivity index (χ0v) is 40.2. The minimum absolute atomic E-state index is 0.0225. The van der Waals surface area contributed by atoms with Crippen molar-refractivity contribution >= 4 is 5.78 Å². The molecule has 9 nitrogen and oxygen atoms in total. The normalized spacial score (nSPS) is 58.6. The molecule has 3 spiro atoms. The van der Waals surface area contributed by atoms with Crippen LogP contribution in [0.1, 0.15) is 169 Å². The van der Waals surface area contributed by atoms with Crippen molar-refractivity contribution < 1.29 is 34.0 Å². The van der Waals surface area contributed by atoms with Crippen LogP contribution in [-0.2, 0) is 49.4 Å². The van der Waals surface area contributed by atoms with Gasteiger partial charge in [0.05, 0.1) is 63.3 Å². The summed E-state index contributed by atoms with van der Waals surface area (Å²) in [5.74, 6) is 2.51. The molecular formula is C54H78N2O7. The number of aliphatic hydroxyl groups is 2. The number of carbonyl (C=O) groups is 1. The van der Waals surface area contributed by atoms with E-state index in [1.54, 1.807) is 0 Å². The number of fused-ring (bicyclic) bond motifs is 14. The summed E-state index contributed by atoms with van der Waals surface area (Å²) in [6, 6.07) is 0. The van der Waals surface area contributed by atoms with Crippen LogP contribution in [-0.4, -0.2) is 72.7 Å². The van der Waals surface area contributed by atoms with Crippen LogP contribution in [0.3, 0.4) is 0 Å². The molecule has 21 atom stereocenters. The summed E-state index contributed by atoms with van der Waals surface area (Å²) in [4.78, 5) is 26.1. The van der Waals surface area contributed by atoms with E-state index in [2.05, 4.69) is 62.3 Å². The molecule has 0 aromatic carbocycles. The number of aromatic nitrogens is 2. The van der Waals surface area contributed by atoms with Crippen LogP contribution in [0.5, 0.6) is 0 Å². The highest BCUT2D eigenvalue weighted by Gasteiger charge is 2.79. The number of ether oxygens (including phenoxy) is 4. The van der Waals surface area contributed by atoms with Crippen molar-refractivity contribution in [1.82, 2.24) is 9.97 Å². The number of ketones is 1. The molecule has 2 N–H and O–H groups in total. The molecule has 10 fully saturated rings. The van der Waals surface area contributed by atoms with Crippen LogP contribution in [0, 0.1) is 86.8 Å². The second kappa shape index (κ2) is 12.4. The molecular weight excluding hydrogens is 789 g/mol. The Kier molecular flexibility index (Phi) is 8.20. The minimum atomic E-state index is -1.14. The molecule has 0 amide bonds. The Morgan fingerprint density at radius 3 is 1.73 bits per heavy atom. The second-order valence-electron chi connectivity index (χ2n) is 27.0. The Balaban J connectivity index is 0.755. The van der Waals surface area contributed by atoms with Gasteiger partial charge in [0.25, 0.3) is 0 Å². The Morgan fingerprint density at radius 1 is 0.603 bits per heavy atom. The predicted molar refractivity (Wildman–Crippen MR) is 236 cm³/mol. The SMILES string of the molecule is C[C@H]1[C@H]2[C@H](C[C@@H]3[C@@H]4CC[C@H]5Cc6nc7c(nc6C[C@]5(C)[C@H]4C[C@@H](O)[C@]23C)C[C@@H]2CC[C@@H]3[C@@H](CC(=O)[C@]34C[C@@H]3O[C@]5(CCC(C)(C)O5)[C@@H](C)[C@@H]3[C@]4(C)O)[C@@]2(C)C7)O[C@@]12CCC(C)(C)O2. The monoisotopic (exact) mass is 867 g/mol. The third-order valence-electron chi connectivity index (χ3n) is 23.8. The van der Waals surface area contributed by atoms with Gasteiger partial charge in [0.15, 0.2) is 11.6 Å². The number of hydrogen-bond donors (Lipinski definition) is 2. The van der Waals surface area contributed by atoms with Gasteiger partial charge in [-0.15, -0.1) is 0 Å². The molecule has 1 aromatic heterocycles. The van der Waals surface area contributed by atoms with Crippen LogP contribution in [0.2, 0.25) is 0 Å². The molecule has 63 heavy (non-hydrogen) atoms. The molecule has 4 saturated heterocycles. The van der Waals surface area contributed by atoms with E-state index in [1.165, 1.54) is 35.6 Å². The topological polar surface area (TPSA) is 120 Å². The summed E-state index contributed by atoms with van der Waals surface area (Å²) >= 11 is 0. The summed E-state index contributed by atoms with van der Waals surface area (Å²) < 4.78 is 27.4. The molecule has 6 saturated carbocycles. The molecule has 0 bridgehead atoms. The van der Waals surface area contributed by atoms with Crippen molar-refractivity contribution in [1.29, 1.82) is 0 Å². The standard InChI is InChI=1S/C54H78N2O7/c1-27-44-40(60-53(27)17-15-46(3,4)62-53)21-34-31-13-11-29-19-36-38(24-48(29,7)33(31)22-42(57)50(34,44)9)55-37-20-30-12-14-32-35(49(30,8)25-39(37)56-36)23-43(58)52(32)26-41-45(51(52,10)59)28(2)54(61-41)18-16-47(5,6)63-54/h27-35,40-42,44-45,57,59H,11-26H2,1-10H3/t27-,28-,29-,30-,31+,32+,33-,34+,35+,40-,41-,42+,44-,45-,48-,49-,50+,51-,52-,53+,54-/m0/s1. The molecule has 13 rings (SSSR count). The second-order valence-corrected chi connectivity index (χ2v) is 27.0. The van der Waals surface area contributed by atoms with Gasteiger partial charge in [0.1, 0.15) is 5.78 Å². The summed E-state index contributed by atoms with van der Waals surface area (Å²) in [5, 5.41) is 25.4. The van der Waals surface area contributed by atoms with E-state index >= 15 is 0 Å². The average molecular weight is 867 g/mol. The van der Waals surface area contributed by atoms with Crippen LogP contribution < -0.4 is 0 Å². The van der Waals surface area contributed by atoms with Crippen LogP contribution in [0.4, 0.5) is 0 Å². The Labute approximate surface area is 376 Å². The zero-order chi connectivity index (χ0) is 44.0.